The summed E-state index contributed by atoms with van der Waals surface area (Å²) >= 11 is 0. The maximum Gasteiger partial charge on any atom is 0.338 e. The average molecular weight is 308 g/mol. The van der Waals surface area contributed by atoms with Crippen LogP contribution in [-0.4, -0.2) is 42.7 Å². The Hall–Kier alpha value is -1.92. The van der Waals surface area contributed by atoms with Gasteiger partial charge in [0.05, 0.1) is 12.7 Å². The molecule has 0 bridgehead atoms. The van der Waals surface area contributed by atoms with Crippen LogP contribution in [0.15, 0.2) is 30.3 Å². The zero-order valence-electron chi connectivity index (χ0n) is 12.8. The molecule has 1 aliphatic heterocycles. The van der Waals surface area contributed by atoms with Crippen molar-refractivity contribution >= 4 is 11.9 Å². The molecule has 3 unspecified atom stereocenters. The first-order valence-electron chi connectivity index (χ1n) is 7.13. The Morgan fingerprint density at radius 3 is 2.36 bits per heavy atom. The fourth-order valence-corrected chi connectivity index (χ4v) is 2.50. The van der Waals surface area contributed by atoms with Crippen LogP contribution in [0.1, 0.15) is 24.2 Å². The largest absolute Gasteiger partial charge is 0.467 e. The third-order valence-corrected chi connectivity index (χ3v) is 4.08. The average Bonchev–Trinajstić information content (AvgIpc) is 2.54. The smallest absolute Gasteiger partial charge is 0.338 e. The molecule has 1 N–H and O–H groups in total. The molecular formula is C16H20O6. The van der Waals surface area contributed by atoms with Gasteiger partial charge in [0.25, 0.3) is 0 Å². The van der Waals surface area contributed by atoms with Crippen molar-refractivity contribution < 1.29 is 28.9 Å². The van der Waals surface area contributed by atoms with Crippen molar-refractivity contribution in [2.45, 2.75) is 32.3 Å². The van der Waals surface area contributed by atoms with Gasteiger partial charge in [-0.15, -0.1) is 0 Å². The van der Waals surface area contributed by atoms with Gasteiger partial charge in [0.2, 0.25) is 0 Å². The third-order valence-electron chi connectivity index (χ3n) is 4.08. The van der Waals surface area contributed by atoms with E-state index in [-0.39, 0.29) is 11.8 Å². The van der Waals surface area contributed by atoms with Gasteiger partial charge < -0.3 is 19.3 Å². The molecule has 0 radical (unpaired) electrons. The maximum atomic E-state index is 12.1. The van der Waals surface area contributed by atoms with Crippen LogP contribution in [-0.2, 0) is 19.0 Å². The summed E-state index contributed by atoms with van der Waals surface area (Å²) in [6.07, 6.45) is -3.09. The van der Waals surface area contributed by atoms with E-state index in [1.54, 1.807) is 44.2 Å². The first-order chi connectivity index (χ1) is 10.5. The van der Waals surface area contributed by atoms with Crippen molar-refractivity contribution in [3.63, 3.8) is 0 Å². The molecule has 1 saturated heterocycles. The fraction of sp³-hybridized carbons (Fsp3) is 0.500. The second-order valence-electron chi connectivity index (χ2n) is 5.42. The summed E-state index contributed by atoms with van der Waals surface area (Å²) in [7, 11) is 1.26. The van der Waals surface area contributed by atoms with Gasteiger partial charge in [-0.1, -0.05) is 32.0 Å². The van der Waals surface area contributed by atoms with Crippen molar-refractivity contribution in [1.82, 2.24) is 0 Å². The molecule has 1 aromatic carbocycles. The van der Waals surface area contributed by atoms with Crippen molar-refractivity contribution in [2.24, 2.45) is 11.8 Å². The molecule has 0 saturated carbocycles. The summed E-state index contributed by atoms with van der Waals surface area (Å²) in [5, 5.41) is 10.1. The van der Waals surface area contributed by atoms with Crippen LogP contribution in [0.4, 0.5) is 0 Å². The number of methoxy groups -OCH3 is 1. The van der Waals surface area contributed by atoms with Crippen LogP contribution in [0.3, 0.4) is 0 Å². The lowest BCUT2D eigenvalue weighted by Gasteiger charge is -2.40. The van der Waals surface area contributed by atoms with E-state index >= 15 is 0 Å². The summed E-state index contributed by atoms with van der Waals surface area (Å²) in [4.78, 5) is 23.8. The second kappa shape index (κ2) is 6.89. The van der Waals surface area contributed by atoms with E-state index in [2.05, 4.69) is 4.74 Å². The van der Waals surface area contributed by atoms with E-state index < -0.39 is 30.4 Å². The van der Waals surface area contributed by atoms with Crippen LogP contribution < -0.4 is 0 Å². The minimum Gasteiger partial charge on any atom is -0.467 e. The lowest BCUT2D eigenvalue weighted by Crippen LogP contribution is -2.53. The van der Waals surface area contributed by atoms with E-state index in [9.17, 15) is 14.7 Å². The number of aliphatic hydroxyl groups excluding tert-OH is 1. The first-order valence-corrected chi connectivity index (χ1v) is 7.13. The molecular weight excluding hydrogens is 288 g/mol. The van der Waals surface area contributed by atoms with E-state index in [4.69, 9.17) is 9.47 Å². The van der Waals surface area contributed by atoms with Crippen molar-refractivity contribution in [3.05, 3.63) is 35.9 Å². The van der Waals surface area contributed by atoms with Gasteiger partial charge >= 0.3 is 11.9 Å². The SMILES string of the molecule is COC(=O)C1OC(O)C(OC(=O)c2ccccc2)[C@@H](C)[C@@H]1C. The molecule has 0 aliphatic carbocycles. The van der Waals surface area contributed by atoms with Crippen molar-refractivity contribution in [3.8, 4) is 0 Å². The minimum absolute atomic E-state index is 0.260. The van der Waals surface area contributed by atoms with E-state index in [0.29, 0.717) is 5.56 Å². The van der Waals surface area contributed by atoms with Crippen molar-refractivity contribution in [1.29, 1.82) is 0 Å². The Kier molecular flexibility index (Phi) is 5.15. The summed E-state index contributed by atoms with van der Waals surface area (Å²) < 4.78 is 15.3. The zero-order chi connectivity index (χ0) is 16.3. The highest BCUT2D eigenvalue weighted by Gasteiger charge is 2.46. The van der Waals surface area contributed by atoms with Crippen LogP contribution in [0.25, 0.3) is 0 Å². The summed E-state index contributed by atoms with van der Waals surface area (Å²) in [5.74, 6) is -1.61. The number of hydrogen-bond acceptors (Lipinski definition) is 6. The lowest BCUT2D eigenvalue weighted by molar-refractivity contribution is -0.251. The molecule has 1 heterocycles. The quantitative estimate of drug-likeness (QED) is 0.849. The number of rotatable bonds is 3. The number of aliphatic hydroxyl groups is 1. The van der Waals surface area contributed by atoms with Gasteiger partial charge in [0, 0.05) is 5.92 Å². The molecule has 5 atom stereocenters. The molecule has 0 spiro atoms. The molecule has 120 valence electrons. The Morgan fingerprint density at radius 2 is 1.77 bits per heavy atom. The Bertz CT molecular complexity index is 529. The van der Waals surface area contributed by atoms with E-state index in [0.717, 1.165) is 0 Å². The Morgan fingerprint density at radius 1 is 1.14 bits per heavy atom. The number of carbonyl (C=O) groups is 2. The molecule has 6 nitrogen and oxygen atoms in total. The van der Waals surface area contributed by atoms with Gasteiger partial charge in [-0.25, -0.2) is 9.59 Å². The molecule has 2 rings (SSSR count). The molecule has 1 fully saturated rings. The van der Waals surface area contributed by atoms with E-state index in [1.807, 2.05) is 0 Å². The second-order valence-corrected chi connectivity index (χ2v) is 5.42. The molecule has 1 aromatic rings. The third kappa shape index (κ3) is 3.28. The van der Waals surface area contributed by atoms with Gasteiger partial charge in [0.15, 0.2) is 18.5 Å². The molecule has 1 aliphatic rings. The Balaban J connectivity index is 2.09. The molecule has 6 heteroatoms. The van der Waals surface area contributed by atoms with Crippen LogP contribution in [0.2, 0.25) is 0 Å². The normalized spacial score (nSPS) is 31.4. The highest BCUT2D eigenvalue weighted by Crippen LogP contribution is 2.32. The number of carbonyl (C=O) groups excluding carboxylic acids is 2. The molecule has 0 amide bonds. The topological polar surface area (TPSA) is 82.1 Å². The number of benzene rings is 1. The number of esters is 2. The number of hydrogen-bond donors (Lipinski definition) is 1. The molecule has 0 aromatic heterocycles. The van der Waals surface area contributed by atoms with Crippen LogP contribution in [0.5, 0.6) is 0 Å². The maximum absolute atomic E-state index is 12.1. The van der Waals surface area contributed by atoms with Gasteiger partial charge in [-0.3, -0.25) is 0 Å². The molecule has 22 heavy (non-hydrogen) atoms. The Labute approximate surface area is 129 Å². The van der Waals surface area contributed by atoms with Crippen LogP contribution in [0, 0.1) is 11.8 Å². The van der Waals surface area contributed by atoms with Gasteiger partial charge in [-0.05, 0) is 18.1 Å². The van der Waals surface area contributed by atoms with Gasteiger partial charge in [0.1, 0.15) is 0 Å². The fourth-order valence-electron chi connectivity index (χ4n) is 2.50. The lowest BCUT2D eigenvalue weighted by atomic mass is 9.83. The first kappa shape index (κ1) is 16.5. The highest BCUT2D eigenvalue weighted by atomic mass is 16.7. The summed E-state index contributed by atoms with van der Waals surface area (Å²) in [6, 6.07) is 8.50. The number of ether oxygens (including phenoxy) is 3. The highest BCUT2D eigenvalue weighted by molar-refractivity contribution is 5.89. The zero-order valence-corrected chi connectivity index (χ0v) is 12.8. The summed E-state index contributed by atoms with van der Waals surface area (Å²) in [5.41, 5.74) is 0.393. The van der Waals surface area contributed by atoms with Gasteiger partial charge in [-0.2, -0.15) is 0 Å². The van der Waals surface area contributed by atoms with E-state index in [1.165, 1.54) is 7.11 Å². The standard InChI is InChI=1S/C16H20O6/c1-9-10(2)13(16(19)22-12(9)15(18)20-3)21-14(17)11-7-5-4-6-8-11/h4-10,12-13,16,19H,1-3H3/t9-,10-,12?,13?,16?/m0/s1. The van der Waals surface area contributed by atoms with Crippen LogP contribution >= 0.6 is 0 Å². The monoisotopic (exact) mass is 308 g/mol. The predicted molar refractivity (Wildman–Crippen MR) is 76.9 cm³/mol. The summed E-state index contributed by atoms with van der Waals surface area (Å²) in [6.45, 7) is 3.59. The minimum atomic E-state index is -1.37. The predicted octanol–water partition coefficient (Wildman–Crippen LogP) is 1.37. The van der Waals surface area contributed by atoms with Crippen molar-refractivity contribution in [2.75, 3.05) is 7.11 Å².